The highest BCUT2D eigenvalue weighted by Gasteiger charge is 2.22. The van der Waals surface area contributed by atoms with E-state index in [0.29, 0.717) is 29.8 Å². The molecule has 1 aliphatic rings. The van der Waals surface area contributed by atoms with Crippen molar-refractivity contribution in [3.05, 3.63) is 29.3 Å². The minimum atomic E-state index is 0.169. The highest BCUT2D eigenvalue weighted by Crippen LogP contribution is 2.29. The number of hydrogen-bond acceptors (Lipinski definition) is 5. The van der Waals surface area contributed by atoms with Crippen LogP contribution in [0, 0.1) is 5.92 Å². The van der Waals surface area contributed by atoms with Crippen LogP contribution in [-0.2, 0) is 16.1 Å². The zero-order valence-corrected chi connectivity index (χ0v) is 18.0. The minimum Gasteiger partial charge on any atom is -0.385 e. The van der Waals surface area contributed by atoms with Crippen LogP contribution < -0.4 is 0 Å². The van der Waals surface area contributed by atoms with Crippen molar-refractivity contribution in [1.29, 1.82) is 0 Å². The number of likely N-dealkylation sites (tertiary alicyclic amines) is 1. The van der Waals surface area contributed by atoms with E-state index in [1.807, 2.05) is 33.7 Å². The van der Waals surface area contributed by atoms with E-state index in [1.165, 1.54) is 18.2 Å². The molecular weight excluding hydrogens is 396 g/mol. The Balaban J connectivity index is 1.74. The molecule has 152 valence electrons. The summed E-state index contributed by atoms with van der Waals surface area (Å²) in [5, 5.41) is 10.1. The molecule has 1 aliphatic heterocycles. The van der Waals surface area contributed by atoms with Gasteiger partial charge in [-0.05, 0) is 37.3 Å². The summed E-state index contributed by atoms with van der Waals surface area (Å²) in [7, 11) is 1.69. The molecule has 0 saturated carbocycles. The third kappa shape index (κ3) is 5.27. The fraction of sp³-hybridized carbons (Fsp3) is 0.550. The van der Waals surface area contributed by atoms with Crippen molar-refractivity contribution in [3.63, 3.8) is 0 Å². The zero-order valence-electron chi connectivity index (χ0n) is 16.4. The number of amides is 1. The summed E-state index contributed by atoms with van der Waals surface area (Å²) in [4.78, 5) is 14.6. The summed E-state index contributed by atoms with van der Waals surface area (Å²) in [5.41, 5.74) is 0.845. The largest absolute Gasteiger partial charge is 0.385 e. The first-order chi connectivity index (χ1) is 13.6. The molecule has 0 radical (unpaired) electrons. The lowest BCUT2D eigenvalue weighted by Gasteiger charge is -2.30. The monoisotopic (exact) mass is 422 g/mol. The second-order valence-electron chi connectivity index (χ2n) is 7.16. The summed E-state index contributed by atoms with van der Waals surface area (Å²) < 4.78 is 7.23. The van der Waals surface area contributed by atoms with E-state index in [-0.39, 0.29) is 5.91 Å². The maximum absolute atomic E-state index is 12.6. The van der Waals surface area contributed by atoms with Crippen LogP contribution in [0.4, 0.5) is 0 Å². The van der Waals surface area contributed by atoms with Crippen molar-refractivity contribution >= 4 is 29.3 Å². The molecule has 2 heterocycles. The molecule has 1 amide bonds. The molecular formula is C20H27ClN4O2S. The van der Waals surface area contributed by atoms with Crippen LogP contribution >= 0.6 is 23.4 Å². The lowest BCUT2D eigenvalue weighted by molar-refractivity contribution is -0.130. The topological polar surface area (TPSA) is 60.2 Å². The van der Waals surface area contributed by atoms with Crippen LogP contribution in [0.3, 0.4) is 0 Å². The summed E-state index contributed by atoms with van der Waals surface area (Å²) in [6.45, 7) is 5.27. The van der Waals surface area contributed by atoms with Gasteiger partial charge < -0.3 is 14.2 Å². The van der Waals surface area contributed by atoms with E-state index >= 15 is 0 Å². The fourth-order valence-electron chi connectivity index (χ4n) is 3.44. The highest BCUT2D eigenvalue weighted by molar-refractivity contribution is 7.99. The number of carbonyl (C=O) groups is 1. The number of nitrogens with zero attached hydrogens (tertiary/aromatic N) is 4. The lowest BCUT2D eigenvalue weighted by Crippen LogP contribution is -2.40. The number of piperidine rings is 1. The third-order valence-corrected chi connectivity index (χ3v) is 6.18. The Labute approximate surface area is 175 Å². The van der Waals surface area contributed by atoms with Gasteiger partial charge in [0, 0.05) is 38.9 Å². The number of carbonyl (C=O) groups excluding carboxylic acids is 1. The van der Waals surface area contributed by atoms with Gasteiger partial charge in [0.2, 0.25) is 5.91 Å². The summed E-state index contributed by atoms with van der Waals surface area (Å²) in [6, 6.07) is 7.61. The highest BCUT2D eigenvalue weighted by atomic mass is 35.5. The van der Waals surface area contributed by atoms with Gasteiger partial charge in [-0.2, -0.15) is 0 Å². The number of benzene rings is 1. The summed E-state index contributed by atoms with van der Waals surface area (Å²) in [5.74, 6) is 1.84. The van der Waals surface area contributed by atoms with Crippen LogP contribution in [0.15, 0.2) is 29.4 Å². The quantitative estimate of drug-likeness (QED) is 0.475. The van der Waals surface area contributed by atoms with Crippen molar-refractivity contribution in [2.75, 3.05) is 32.6 Å². The molecule has 1 fully saturated rings. The normalized spacial score (nSPS) is 17.1. The zero-order chi connectivity index (χ0) is 19.9. The fourth-order valence-corrected chi connectivity index (χ4v) is 4.53. The molecule has 1 saturated heterocycles. The molecule has 1 unspecified atom stereocenters. The van der Waals surface area contributed by atoms with E-state index in [1.54, 1.807) is 7.11 Å². The second kappa shape index (κ2) is 10.3. The Bertz CT molecular complexity index is 798. The molecule has 6 nitrogen and oxygen atoms in total. The van der Waals surface area contributed by atoms with Gasteiger partial charge in [0.05, 0.1) is 10.8 Å². The number of aromatic nitrogens is 3. The van der Waals surface area contributed by atoms with E-state index < -0.39 is 0 Å². The standard InChI is InChI=1S/C20H27ClN4O2S/c1-15-7-5-10-24(13-15)18(26)14-28-20-23-22-19(25(20)11-6-12-27-2)16-8-3-4-9-17(16)21/h3-4,8-9,15H,5-7,10-14H2,1-2H3. The molecule has 28 heavy (non-hydrogen) atoms. The van der Waals surface area contributed by atoms with Gasteiger partial charge in [-0.3, -0.25) is 4.79 Å². The predicted octanol–water partition coefficient (Wildman–Crippen LogP) is 3.99. The maximum atomic E-state index is 12.6. The van der Waals surface area contributed by atoms with Gasteiger partial charge in [0.25, 0.3) is 0 Å². The van der Waals surface area contributed by atoms with Gasteiger partial charge in [-0.15, -0.1) is 10.2 Å². The number of rotatable bonds is 8. The number of hydrogen-bond donors (Lipinski definition) is 0. The second-order valence-corrected chi connectivity index (χ2v) is 8.51. The SMILES string of the molecule is COCCCn1c(SCC(=O)N2CCCC(C)C2)nnc1-c1ccccc1Cl. The molecule has 3 rings (SSSR count). The maximum Gasteiger partial charge on any atom is 0.233 e. The molecule has 2 aromatic rings. The van der Waals surface area contributed by atoms with Gasteiger partial charge in [-0.25, -0.2) is 0 Å². The van der Waals surface area contributed by atoms with Gasteiger partial charge in [0.1, 0.15) is 0 Å². The Morgan fingerprint density at radius 2 is 2.18 bits per heavy atom. The van der Waals surface area contributed by atoms with Gasteiger partial charge in [-0.1, -0.05) is 42.4 Å². The summed E-state index contributed by atoms with van der Waals surface area (Å²) in [6.07, 6.45) is 3.12. The Kier molecular flexibility index (Phi) is 7.76. The Morgan fingerprint density at radius 3 is 2.93 bits per heavy atom. The molecule has 0 aliphatic carbocycles. The lowest BCUT2D eigenvalue weighted by atomic mass is 10.0. The molecule has 0 bridgehead atoms. The first kappa shape index (κ1) is 21.1. The van der Waals surface area contributed by atoms with Crippen LogP contribution in [0.25, 0.3) is 11.4 Å². The van der Waals surface area contributed by atoms with Crippen LogP contribution in [0.5, 0.6) is 0 Å². The van der Waals surface area contributed by atoms with E-state index in [0.717, 1.165) is 42.5 Å². The smallest absolute Gasteiger partial charge is 0.233 e. The number of halogens is 1. The predicted molar refractivity (Wildman–Crippen MR) is 113 cm³/mol. The van der Waals surface area contributed by atoms with E-state index in [9.17, 15) is 4.79 Å². The molecule has 1 aromatic heterocycles. The van der Waals surface area contributed by atoms with E-state index in [4.69, 9.17) is 16.3 Å². The Morgan fingerprint density at radius 1 is 1.36 bits per heavy atom. The van der Waals surface area contributed by atoms with Crippen molar-refractivity contribution in [2.45, 2.75) is 37.9 Å². The minimum absolute atomic E-state index is 0.169. The first-order valence-corrected chi connectivity index (χ1v) is 11.0. The number of thioether (sulfide) groups is 1. The van der Waals surface area contributed by atoms with Crippen molar-refractivity contribution in [1.82, 2.24) is 19.7 Å². The number of methoxy groups -OCH3 is 1. The first-order valence-electron chi connectivity index (χ1n) is 9.67. The van der Waals surface area contributed by atoms with Crippen molar-refractivity contribution in [2.24, 2.45) is 5.92 Å². The molecule has 1 aromatic carbocycles. The molecule has 1 atom stereocenters. The number of ether oxygens (including phenoxy) is 1. The van der Waals surface area contributed by atoms with Gasteiger partial charge in [0.15, 0.2) is 11.0 Å². The molecule has 0 N–H and O–H groups in total. The van der Waals surface area contributed by atoms with Crippen molar-refractivity contribution < 1.29 is 9.53 Å². The molecule has 8 heteroatoms. The van der Waals surface area contributed by atoms with Crippen molar-refractivity contribution in [3.8, 4) is 11.4 Å². The van der Waals surface area contributed by atoms with Crippen LogP contribution in [0.1, 0.15) is 26.2 Å². The Hall–Kier alpha value is -1.57. The van der Waals surface area contributed by atoms with E-state index in [2.05, 4.69) is 17.1 Å². The van der Waals surface area contributed by atoms with Crippen LogP contribution in [-0.4, -0.2) is 58.1 Å². The van der Waals surface area contributed by atoms with Crippen LogP contribution in [0.2, 0.25) is 5.02 Å². The molecule has 0 spiro atoms. The van der Waals surface area contributed by atoms with Gasteiger partial charge >= 0.3 is 0 Å². The average Bonchev–Trinajstić information content (AvgIpc) is 3.09. The average molecular weight is 423 g/mol. The third-order valence-electron chi connectivity index (χ3n) is 4.90. The summed E-state index contributed by atoms with van der Waals surface area (Å²) >= 11 is 7.81.